The highest BCUT2D eigenvalue weighted by Crippen LogP contribution is 2.36. The smallest absolute Gasteiger partial charge is 0.398 e. The summed E-state index contributed by atoms with van der Waals surface area (Å²) in [7, 11) is -0.469. The third-order valence-corrected chi connectivity index (χ3v) is 4.59. The Bertz CT molecular complexity index is 667. The Morgan fingerprint density at radius 3 is 2.09 bits per heavy atom. The largest absolute Gasteiger partial charge is 0.516 e. The SMILES string of the molecule is Cc1ccccc1-c1cnc(B2OC(C)(C)C(C)(C)O2)cn1. The Balaban J connectivity index is 1.86. The van der Waals surface area contributed by atoms with Gasteiger partial charge in [0.05, 0.1) is 28.7 Å². The van der Waals surface area contributed by atoms with E-state index in [0.717, 1.165) is 11.3 Å². The topological polar surface area (TPSA) is 44.2 Å². The van der Waals surface area contributed by atoms with Crippen LogP contribution in [0.3, 0.4) is 0 Å². The molecule has 0 unspecified atom stereocenters. The van der Waals surface area contributed by atoms with E-state index in [1.54, 1.807) is 12.4 Å². The maximum absolute atomic E-state index is 5.99. The van der Waals surface area contributed by atoms with E-state index < -0.39 is 7.12 Å². The Morgan fingerprint density at radius 1 is 0.909 bits per heavy atom. The summed E-state index contributed by atoms with van der Waals surface area (Å²) in [5, 5.41) is 0. The van der Waals surface area contributed by atoms with Gasteiger partial charge in [-0.05, 0) is 40.2 Å². The first kappa shape index (κ1) is 15.2. The number of aromatic nitrogens is 2. The molecule has 2 heterocycles. The van der Waals surface area contributed by atoms with Crippen molar-refractivity contribution in [2.75, 3.05) is 0 Å². The molecule has 1 aliphatic heterocycles. The van der Waals surface area contributed by atoms with Gasteiger partial charge in [-0.1, -0.05) is 24.3 Å². The number of hydrogen-bond donors (Lipinski definition) is 0. The summed E-state index contributed by atoms with van der Waals surface area (Å²) in [4.78, 5) is 9.02. The van der Waals surface area contributed by atoms with Crippen LogP contribution in [-0.2, 0) is 9.31 Å². The van der Waals surface area contributed by atoms with Crippen LogP contribution in [0.4, 0.5) is 0 Å². The highest BCUT2D eigenvalue weighted by Gasteiger charge is 2.52. The van der Waals surface area contributed by atoms with Crippen LogP contribution in [0, 0.1) is 6.92 Å². The van der Waals surface area contributed by atoms with E-state index in [4.69, 9.17) is 9.31 Å². The second-order valence-corrected chi connectivity index (χ2v) is 6.73. The maximum atomic E-state index is 5.99. The van der Waals surface area contributed by atoms with Crippen LogP contribution in [0.1, 0.15) is 33.3 Å². The lowest BCUT2D eigenvalue weighted by atomic mass is 9.85. The van der Waals surface area contributed by atoms with Crippen LogP contribution < -0.4 is 5.59 Å². The zero-order valence-electron chi connectivity index (χ0n) is 13.8. The molecule has 1 aliphatic rings. The van der Waals surface area contributed by atoms with E-state index in [9.17, 15) is 0 Å². The minimum Gasteiger partial charge on any atom is -0.398 e. The van der Waals surface area contributed by atoms with Gasteiger partial charge in [-0.15, -0.1) is 0 Å². The van der Waals surface area contributed by atoms with Crippen LogP contribution >= 0.6 is 0 Å². The highest BCUT2D eigenvalue weighted by molar-refractivity contribution is 6.61. The van der Waals surface area contributed by atoms with E-state index in [1.807, 2.05) is 45.9 Å². The Morgan fingerprint density at radius 2 is 1.55 bits per heavy atom. The summed E-state index contributed by atoms with van der Waals surface area (Å²) in [5.41, 5.74) is 3.10. The Hall–Kier alpha value is -1.72. The molecule has 1 fully saturated rings. The second kappa shape index (κ2) is 5.18. The van der Waals surface area contributed by atoms with Crippen LogP contribution in [-0.4, -0.2) is 28.3 Å². The minimum atomic E-state index is -0.469. The van der Waals surface area contributed by atoms with Crippen molar-refractivity contribution >= 4 is 12.7 Å². The van der Waals surface area contributed by atoms with E-state index in [-0.39, 0.29) is 11.2 Å². The van der Waals surface area contributed by atoms with Gasteiger partial charge in [0.25, 0.3) is 0 Å². The van der Waals surface area contributed by atoms with Crippen LogP contribution in [0.25, 0.3) is 11.3 Å². The fraction of sp³-hybridized carbons (Fsp3) is 0.412. The molecule has 0 radical (unpaired) electrons. The van der Waals surface area contributed by atoms with Crippen molar-refractivity contribution in [1.29, 1.82) is 0 Å². The predicted octanol–water partition coefficient (Wildman–Crippen LogP) is 2.75. The van der Waals surface area contributed by atoms with E-state index in [2.05, 4.69) is 23.0 Å². The number of nitrogens with zero attached hydrogens (tertiary/aromatic N) is 2. The van der Waals surface area contributed by atoms with E-state index >= 15 is 0 Å². The van der Waals surface area contributed by atoms with Crippen molar-refractivity contribution in [3.8, 4) is 11.3 Å². The lowest BCUT2D eigenvalue weighted by molar-refractivity contribution is 0.00578. The molecule has 5 heteroatoms. The van der Waals surface area contributed by atoms with Gasteiger partial charge in [0.1, 0.15) is 0 Å². The summed E-state index contributed by atoms with van der Waals surface area (Å²) in [6.45, 7) is 10.2. The van der Waals surface area contributed by atoms with Crippen molar-refractivity contribution in [1.82, 2.24) is 9.97 Å². The zero-order chi connectivity index (χ0) is 16.0. The quantitative estimate of drug-likeness (QED) is 0.799. The van der Waals surface area contributed by atoms with Gasteiger partial charge in [0.2, 0.25) is 0 Å². The molecule has 4 nitrogen and oxygen atoms in total. The molecule has 3 rings (SSSR count). The Labute approximate surface area is 132 Å². The van der Waals surface area contributed by atoms with Gasteiger partial charge < -0.3 is 9.31 Å². The second-order valence-electron chi connectivity index (χ2n) is 6.73. The number of benzene rings is 1. The van der Waals surface area contributed by atoms with Crippen molar-refractivity contribution in [2.45, 2.75) is 45.8 Å². The average Bonchev–Trinajstić information content (AvgIpc) is 2.68. The lowest BCUT2D eigenvalue weighted by Gasteiger charge is -2.32. The molecule has 0 amide bonds. The van der Waals surface area contributed by atoms with Crippen molar-refractivity contribution in [3.63, 3.8) is 0 Å². The van der Waals surface area contributed by atoms with Crippen LogP contribution in [0.5, 0.6) is 0 Å². The van der Waals surface area contributed by atoms with E-state index in [1.165, 1.54) is 5.56 Å². The maximum Gasteiger partial charge on any atom is 0.516 e. The highest BCUT2D eigenvalue weighted by atomic mass is 16.7. The Kier molecular flexibility index (Phi) is 3.58. The fourth-order valence-electron chi connectivity index (χ4n) is 2.42. The predicted molar refractivity (Wildman–Crippen MR) is 87.9 cm³/mol. The van der Waals surface area contributed by atoms with Gasteiger partial charge in [-0.3, -0.25) is 9.97 Å². The molecule has 1 aromatic heterocycles. The molecule has 0 spiro atoms. The molecule has 0 N–H and O–H groups in total. The number of rotatable bonds is 2. The summed E-state index contributed by atoms with van der Waals surface area (Å²) >= 11 is 0. The number of hydrogen-bond acceptors (Lipinski definition) is 4. The first-order valence-electron chi connectivity index (χ1n) is 7.54. The summed E-state index contributed by atoms with van der Waals surface area (Å²) < 4.78 is 12.0. The van der Waals surface area contributed by atoms with Gasteiger partial charge >= 0.3 is 7.12 Å². The monoisotopic (exact) mass is 296 g/mol. The van der Waals surface area contributed by atoms with Crippen molar-refractivity contribution < 1.29 is 9.31 Å². The average molecular weight is 296 g/mol. The lowest BCUT2D eigenvalue weighted by Crippen LogP contribution is -2.41. The molecule has 0 atom stereocenters. The van der Waals surface area contributed by atoms with Gasteiger partial charge in [-0.2, -0.15) is 0 Å². The van der Waals surface area contributed by atoms with Crippen molar-refractivity contribution in [3.05, 3.63) is 42.2 Å². The fourth-order valence-corrected chi connectivity index (χ4v) is 2.42. The standard InChI is InChI=1S/C17H21BN2O2/c1-12-8-6-7-9-13(12)14-10-20-15(11-19-14)18-21-16(2,3)17(4,5)22-18/h6-11H,1-5H3. The molecule has 114 valence electrons. The van der Waals surface area contributed by atoms with E-state index in [0.29, 0.717) is 5.59 Å². The summed E-state index contributed by atoms with van der Waals surface area (Å²) in [5.74, 6) is 0. The van der Waals surface area contributed by atoms with Crippen molar-refractivity contribution in [2.24, 2.45) is 0 Å². The van der Waals surface area contributed by atoms with Crippen LogP contribution in [0.2, 0.25) is 0 Å². The van der Waals surface area contributed by atoms with Gasteiger partial charge in [0, 0.05) is 11.8 Å². The normalized spacial score (nSPS) is 19.4. The first-order valence-corrected chi connectivity index (χ1v) is 7.54. The molecule has 1 saturated heterocycles. The summed E-state index contributed by atoms with van der Waals surface area (Å²) in [6, 6.07) is 8.14. The molecular weight excluding hydrogens is 275 g/mol. The third kappa shape index (κ3) is 2.55. The third-order valence-electron chi connectivity index (χ3n) is 4.59. The minimum absolute atomic E-state index is 0.367. The zero-order valence-corrected chi connectivity index (χ0v) is 13.8. The molecule has 1 aromatic carbocycles. The number of aryl methyl sites for hydroxylation is 1. The van der Waals surface area contributed by atoms with Gasteiger partial charge in [0.15, 0.2) is 0 Å². The molecule has 22 heavy (non-hydrogen) atoms. The molecule has 0 saturated carbocycles. The summed E-state index contributed by atoms with van der Waals surface area (Å²) in [6.07, 6.45) is 3.52. The molecule has 0 aliphatic carbocycles. The first-order chi connectivity index (χ1) is 10.3. The van der Waals surface area contributed by atoms with Gasteiger partial charge in [-0.25, -0.2) is 0 Å². The molecular formula is C17H21BN2O2. The van der Waals surface area contributed by atoms with Crippen LogP contribution in [0.15, 0.2) is 36.7 Å². The molecule has 2 aromatic rings. The molecule has 0 bridgehead atoms.